The number of carbonyl (C=O) groups excluding carboxylic acids is 1. The van der Waals surface area contributed by atoms with Gasteiger partial charge >= 0.3 is 0 Å². The smallest absolute Gasteiger partial charge is 0.220 e. The predicted octanol–water partition coefficient (Wildman–Crippen LogP) is 5.26. The zero-order valence-electron chi connectivity index (χ0n) is 17.2. The van der Waals surface area contributed by atoms with Gasteiger partial charge in [-0.1, -0.05) is 79.6 Å². The van der Waals surface area contributed by atoms with Gasteiger partial charge in [0, 0.05) is 29.5 Å². The van der Waals surface area contributed by atoms with Gasteiger partial charge < -0.3 is 5.32 Å². The topological polar surface area (TPSA) is 59.8 Å². The molecule has 0 spiro atoms. The molecule has 0 radical (unpaired) electrons. The molecule has 3 aromatic rings. The number of carbonyl (C=O) groups is 1. The SMILES string of the molecule is O=C(CCCSc1nnc(-c2ccccc2)n1-c1ccccc1)NC1CCCCC1. The van der Waals surface area contributed by atoms with Crippen LogP contribution in [0.4, 0.5) is 0 Å². The second-order valence-electron chi connectivity index (χ2n) is 7.70. The second kappa shape index (κ2) is 10.4. The Kier molecular flexibility index (Phi) is 7.19. The lowest BCUT2D eigenvalue weighted by atomic mass is 9.95. The van der Waals surface area contributed by atoms with Crippen molar-refractivity contribution in [2.75, 3.05) is 5.75 Å². The number of aromatic nitrogens is 3. The van der Waals surface area contributed by atoms with Crippen LogP contribution in [0, 0.1) is 0 Å². The normalized spacial score (nSPS) is 14.5. The lowest BCUT2D eigenvalue weighted by Crippen LogP contribution is -2.36. The molecule has 0 saturated heterocycles. The van der Waals surface area contributed by atoms with Crippen LogP contribution in [0.15, 0.2) is 65.8 Å². The molecule has 4 rings (SSSR count). The summed E-state index contributed by atoms with van der Waals surface area (Å²) in [4.78, 5) is 12.2. The molecule has 1 N–H and O–H groups in total. The third kappa shape index (κ3) is 5.30. The minimum Gasteiger partial charge on any atom is -0.353 e. The van der Waals surface area contributed by atoms with E-state index in [2.05, 4.69) is 32.2 Å². The molecule has 0 aliphatic heterocycles. The Morgan fingerprint density at radius 2 is 1.67 bits per heavy atom. The van der Waals surface area contributed by atoms with E-state index in [1.807, 2.05) is 48.5 Å². The van der Waals surface area contributed by atoms with Crippen LogP contribution in [0.3, 0.4) is 0 Å². The van der Waals surface area contributed by atoms with Crippen molar-refractivity contribution in [3.05, 3.63) is 60.7 Å². The van der Waals surface area contributed by atoms with E-state index in [9.17, 15) is 4.79 Å². The van der Waals surface area contributed by atoms with E-state index in [0.717, 1.165) is 47.2 Å². The predicted molar refractivity (Wildman–Crippen MR) is 122 cm³/mol. The van der Waals surface area contributed by atoms with E-state index < -0.39 is 0 Å². The van der Waals surface area contributed by atoms with Crippen LogP contribution in [0.25, 0.3) is 17.1 Å². The van der Waals surface area contributed by atoms with Gasteiger partial charge in [0.05, 0.1) is 0 Å². The molecule has 2 aromatic carbocycles. The number of para-hydroxylation sites is 1. The summed E-state index contributed by atoms with van der Waals surface area (Å²) in [6.45, 7) is 0. The summed E-state index contributed by atoms with van der Waals surface area (Å²) in [6, 6.07) is 20.7. The third-order valence-corrected chi connectivity index (χ3v) is 6.44. The Bertz CT molecular complexity index is 936. The van der Waals surface area contributed by atoms with E-state index in [1.54, 1.807) is 11.8 Å². The molecular formula is C24H28N4OS. The lowest BCUT2D eigenvalue weighted by molar-refractivity contribution is -0.122. The first-order chi connectivity index (χ1) is 14.8. The molecular weight excluding hydrogens is 392 g/mol. The van der Waals surface area contributed by atoms with Gasteiger partial charge in [0.25, 0.3) is 0 Å². The minimum absolute atomic E-state index is 0.178. The van der Waals surface area contributed by atoms with E-state index in [0.29, 0.717) is 12.5 Å². The maximum absolute atomic E-state index is 12.2. The van der Waals surface area contributed by atoms with Gasteiger partial charge in [0.1, 0.15) is 0 Å². The molecule has 0 bridgehead atoms. The van der Waals surface area contributed by atoms with E-state index in [-0.39, 0.29) is 5.91 Å². The number of benzene rings is 2. The van der Waals surface area contributed by atoms with Crippen molar-refractivity contribution >= 4 is 17.7 Å². The number of rotatable bonds is 8. The van der Waals surface area contributed by atoms with Crippen molar-refractivity contribution in [1.82, 2.24) is 20.1 Å². The van der Waals surface area contributed by atoms with E-state index in [4.69, 9.17) is 0 Å². The fourth-order valence-electron chi connectivity index (χ4n) is 3.89. The summed E-state index contributed by atoms with van der Waals surface area (Å²) in [5, 5.41) is 13.0. The Morgan fingerprint density at radius 1 is 0.967 bits per heavy atom. The molecule has 1 aliphatic rings. The van der Waals surface area contributed by atoms with Gasteiger partial charge in [-0.05, 0) is 31.4 Å². The summed E-state index contributed by atoms with van der Waals surface area (Å²) >= 11 is 1.65. The van der Waals surface area contributed by atoms with Crippen LogP contribution in [0.1, 0.15) is 44.9 Å². The molecule has 1 fully saturated rings. The van der Waals surface area contributed by atoms with Crippen molar-refractivity contribution < 1.29 is 4.79 Å². The van der Waals surface area contributed by atoms with Crippen LogP contribution < -0.4 is 5.32 Å². The molecule has 0 atom stereocenters. The highest BCUT2D eigenvalue weighted by Crippen LogP contribution is 2.28. The van der Waals surface area contributed by atoms with Crippen molar-refractivity contribution in [2.45, 2.75) is 56.1 Å². The van der Waals surface area contributed by atoms with Gasteiger partial charge in [-0.15, -0.1) is 10.2 Å². The highest BCUT2D eigenvalue weighted by molar-refractivity contribution is 7.99. The summed E-state index contributed by atoms with van der Waals surface area (Å²) in [6.07, 6.45) is 7.42. The Balaban J connectivity index is 1.39. The number of hydrogen-bond donors (Lipinski definition) is 1. The average Bonchev–Trinajstić information content (AvgIpc) is 3.22. The van der Waals surface area contributed by atoms with Gasteiger partial charge in [0.2, 0.25) is 5.91 Å². The summed E-state index contributed by atoms with van der Waals surface area (Å²) in [5.74, 6) is 1.84. The number of nitrogens with zero attached hydrogens (tertiary/aromatic N) is 3. The maximum Gasteiger partial charge on any atom is 0.220 e. The fourth-order valence-corrected chi connectivity index (χ4v) is 4.78. The molecule has 1 aromatic heterocycles. The number of thioether (sulfide) groups is 1. The summed E-state index contributed by atoms with van der Waals surface area (Å²) in [7, 11) is 0. The molecule has 1 aliphatic carbocycles. The van der Waals surface area contributed by atoms with Crippen molar-refractivity contribution in [3.63, 3.8) is 0 Å². The fraction of sp³-hybridized carbons (Fsp3) is 0.375. The minimum atomic E-state index is 0.178. The molecule has 156 valence electrons. The zero-order chi connectivity index (χ0) is 20.6. The molecule has 30 heavy (non-hydrogen) atoms. The van der Waals surface area contributed by atoms with Gasteiger partial charge in [0.15, 0.2) is 11.0 Å². The van der Waals surface area contributed by atoms with Crippen molar-refractivity contribution in [3.8, 4) is 17.1 Å². The van der Waals surface area contributed by atoms with Crippen LogP contribution >= 0.6 is 11.8 Å². The maximum atomic E-state index is 12.2. The van der Waals surface area contributed by atoms with Gasteiger partial charge in [-0.2, -0.15) is 0 Å². The average molecular weight is 421 g/mol. The Hall–Kier alpha value is -2.60. The molecule has 1 heterocycles. The van der Waals surface area contributed by atoms with Crippen molar-refractivity contribution in [2.24, 2.45) is 0 Å². The summed E-state index contributed by atoms with van der Waals surface area (Å²) < 4.78 is 2.10. The lowest BCUT2D eigenvalue weighted by Gasteiger charge is -2.22. The molecule has 0 unspecified atom stereocenters. The third-order valence-electron chi connectivity index (χ3n) is 5.43. The monoisotopic (exact) mass is 420 g/mol. The van der Waals surface area contributed by atoms with Crippen LogP contribution in [-0.2, 0) is 4.79 Å². The van der Waals surface area contributed by atoms with Crippen LogP contribution in [0.2, 0.25) is 0 Å². The van der Waals surface area contributed by atoms with E-state index >= 15 is 0 Å². The molecule has 6 heteroatoms. The van der Waals surface area contributed by atoms with Crippen LogP contribution in [0.5, 0.6) is 0 Å². The summed E-state index contributed by atoms with van der Waals surface area (Å²) in [5.41, 5.74) is 2.08. The number of nitrogens with one attached hydrogen (secondary N) is 1. The highest BCUT2D eigenvalue weighted by atomic mass is 32.2. The highest BCUT2D eigenvalue weighted by Gasteiger charge is 2.17. The van der Waals surface area contributed by atoms with Gasteiger partial charge in [-0.25, -0.2) is 0 Å². The molecule has 1 saturated carbocycles. The standard InChI is InChI=1S/C24H28N4OS/c29-22(25-20-13-6-2-7-14-20)17-10-18-30-24-27-26-23(19-11-4-1-5-12-19)28(24)21-15-8-3-9-16-21/h1,3-5,8-9,11-12,15-16,20H,2,6-7,10,13-14,17-18H2,(H,25,29). The first-order valence-corrected chi connectivity index (χ1v) is 11.8. The first kappa shape index (κ1) is 20.7. The number of amides is 1. The second-order valence-corrected chi connectivity index (χ2v) is 8.76. The van der Waals surface area contributed by atoms with Crippen molar-refractivity contribution in [1.29, 1.82) is 0 Å². The van der Waals surface area contributed by atoms with E-state index in [1.165, 1.54) is 19.3 Å². The zero-order valence-corrected chi connectivity index (χ0v) is 18.0. The molecule has 1 amide bonds. The number of hydrogen-bond acceptors (Lipinski definition) is 4. The van der Waals surface area contributed by atoms with Gasteiger partial charge in [-0.3, -0.25) is 9.36 Å². The quantitative estimate of drug-likeness (QED) is 0.399. The molecule has 5 nitrogen and oxygen atoms in total. The Labute approximate surface area is 182 Å². The first-order valence-electron chi connectivity index (χ1n) is 10.8. The largest absolute Gasteiger partial charge is 0.353 e. The Morgan fingerprint density at radius 3 is 2.40 bits per heavy atom. The van der Waals surface area contributed by atoms with Crippen LogP contribution in [-0.4, -0.2) is 32.5 Å².